The lowest BCUT2D eigenvalue weighted by Crippen LogP contribution is -2.04. The van der Waals surface area contributed by atoms with Gasteiger partial charge in [0.1, 0.15) is 23.1 Å². The zero-order valence-corrected chi connectivity index (χ0v) is 10.4. The highest BCUT2D eigenvalue weighted by Crippen LogP contribution is 2.22. The average molecular weight is 248 g/mol. The number of ether oxygens (including phenoxy) is 1. The van der Waals surface area contributed by atoms with E-state index in [0.717, 1.165) is 0 Å². The largest absolute Gasteiger partial charge is 0.497 e. The molecule has 0 amide bonds. The molecule has 4 heteroatoms. The number of benzene rings is 1. The number of rotatable bonds is 3. The van der Waals surface area contributed by atoms with Crippen molar-refractivity contribution in [2.24, 2.45) is 0 Å². The summed E-state index contributed by atoms with van der Waals surface area (Å²) in [5.74, 6) is 0.517. The summed E-state index contributed by atoms with van der Waals surface area (Å²) in [5.41, 5.74) is 0.399. The Bertz CT molecular complexity index is 599. The van der Waals surface area contributed by atoms with Gasteiger partial charge in [-0.2, -0.15) is 0 Å². The van der Waals surface area contributed by atoms with Crippen LogP contribution in [-0.4, -0.2) is 12.9 Å². The fraction of sp³-hybridized carbons (Fsp3) is 0.214. The number of ketones is 1. The molecule has 0 fully saturated rings. The van der Waals surface area contributed by atoms with Gasteiger partial charge in [0.15, 0.2) is 5.78 Å². The van der Waals surface area contributed by atoms with E-state index in [1.54, 1.807) is 26.0 Å². The minimum Gasteiger partial charge on any atom is -0.497 e. The van der Waals surface area contributed by atoms with Crippen LogP contribution in [0.2, 0.25) is 0 Å². The van der Waals surface area contributed by atoms with Crippen LogP contribution in [0.3, 0.4) is 0 Å². The molecule has 0 saturated carbocycles. The predicted molar refractivity (Wildman–Crippen MR) is 64.6 cm³/mol. The van der Waals surface area contributed by atoms with Crippen LogP contribution in [0.1, 0.15) is 27.4 Å². The number of carbonyl (C=O) groups excluding carboxylic acids is 1. The Hall–Kier alpha value is -2.10. The molecule has 1 aromatic carbocycles. The van der Waals surface area contributed by atoms with E-state index in [4.69, 9.17) is 9.15 Å². The molecule has 2 aromatic rings. The van der Waals surface area contributed by atoms with Gasteiger partial charge in [0.25, 0.3) is 0 Å². The van der Waals surface area contributed by atoms with E-state index >= 15 is 0 Å². The molecule has 0 atom stereocenters. The smallest absolute Gasteiger partial charge is 0.199 e. The van der Waals surface area contributed by atoms with Gasteiger partial charge in [0.2, 0.25) is 0 Å². The van der Waals surface area contributed by atoms with Gasteiger partial charge in [-0.25, -0.2) is 4.39 Å². The fourth-order valence-corrected chi connectivity index (χ4v) is 1.81. The number of aryl methyl sites for hydroxylation is 2. The van der Waals surface area contributed by atoms with Crippen molar-refractivity contribution in [3.63, 3.8) is 0 Å². The first kappa shape index (κ1) is 12.4. The maximum Gasteiger partial charge on any atom is 0.199 e. The Morgan fingerprint density at radius 1 is 1.22 bits per heavy atom. The van der Waals surface area contributed by atoms with E-state index in [2.05, 4.69) is 0 Å². The van der Waals surface area contributed by atoms with E-state index < -0.39 is 5.82 Å². The van der Waals surface area contributed by atoms with Crippen LogP contribution in [0, 0.1) is 19.7 Å². The van der Waals surface area contributed by atoms with Crippen molar-refractivity contribution >= 4 is 5.78 Å². The van der Waals surface area contributed by atoms with Crippen molar-refractivity contribution in [2.45, 2.75) is 13.8 Å². The van der Waals surface area contributed by atoms with Gasteiger partial charge in [-0.3, -0.25) is 4.79 Å². The molecular formula is C14H13FO3. The molecule has 94 valence electrons. The van der Waals surface area contributed by atoms with Crippen LogP contribution in [0.5, 0.6) is 5.75 Å². The third-order valence-corrected chi connectivity index (χ3v) is 2.71. The number of halogens is 1. The monoisotopic (exact) mass is 248 g/mol. The normalized spacial score (nSPS) is 10.4. The number of hydrogen-bond acceptors (Lipinski definition) is 3. The van der Waals surface area contributed by atoms with Crippen LogP contribution in [-0.2, 0) is 0 Å². The molecule has 0 unspecified atom stereocenters. The second-order valence-electron chi connectivity index (χ2n) is 4.00. The van der Waals surface area contributed by atoms with Crippen molar-refractivity contribution in [1.82, 2.24) is 0 Å². The van der Waals surface area contributed by atoms with Crippen LogP contribution in [0.25, 0.3) is 0 Å². The quantitative estimate of drug-likeness (QED) is 0.782. The Labute approximate surface area is 104 Å². The Kier molecular flexibility index (Phi) is 3.19. The van der Waals surface area contributed by atoms with Gasteiger partial charge in [-0.15, -0.1) is 0 Å². The summed E-state index contributed by atoms with van der Waals surface area (Å²) >= 11 is 0. The number of furan rings is 1. The molecule has 2 rings (SSSR count). The minimum absolute atomic E-state index is 0.0136. The molecule has 0 aliphatic heterocycles. The maximum absolute atomic E-state index is 13.8. The van der Waals surface area contributed by atoms with E-state index in [0.29, 0.717) is 22.8 Å². The van der Waals surface area contributed by atoms with Gasteiger partial charge in [-0.1, -0.05) is 0 Å². The second kappa shape index (κ2) is 4.64. The zero-order chi connectivity index (χ0) is 13.3. The van der Waals surface area contributed by atoms with Crippen molar-refractivity contribution in [3.05, 3.63) is 52.7 Å². The fourth-order valence-electron chi connectivity index (χ4n) is 1.81. The lowest BCUT2D eigenvalue weighted by Gasteiger charge is -2.04. The highest BCUT2D eigenvalue weighted by molar-refractivity contribution is 6.09. The van der Waals surface area contributed by atoms with Gasteiger partial charge in [0, 0.05) is 6.07 Å². The molecule has 1 aromatic heterocycles. The Morgan fingerprint density at radius 2 is 1.94 bits per heavy atom. The van der Waals surface area contributed by atoms with Crippen LogP contribution in [0.15, 0.2) is 28.7 Å². The SMILES string of the molecule is COc1ccc(C(=O)c2cc(C)oc2C)c(F)c1. The number of hydrogen-bond donors (Lipinski definition) is 0. The molecule has 18 heavy (non-hydrogen) atoms. The third kappa shape index (κ3) is 2.14. The maximum atomic E-state index is 13.8. The zero-order valence-electron chi connectivity index (χ0n) is 10.4. The molecule has 3 nitrogen and oxygen atoms in total. The molecule has 0 radical (unpaired) electrons. The van der Waals surface area contributed by atoms with Crippen LogP contribution in [0.4, 0.5) is 4.39 Å². The van der Waals surface area contributed by atoms with Crippen molar-refractivity contribution < 1.29 is 18.3 Å². The molecular weight excluding hydrogens is 235 g/mol. The lowest BCUT2D eigenvalue weighted by molar-refractivity contribution is 0.103. The van der Waals surface area contributed by atoms with Gasteiger partial charge >= 0.3 is 0 Å². The molecule has 1 heterocycles. The first-order valence-electron chi connectivity index (χ1n) is 5.48. The number of carbonyl (C=O) groups is 1. The van der Waals surface area contributed by atoms with Gasteiger partial charge < -0.3 is 9.15 Å². The lowest BCUT2D eigenvalue weighted by atomic mass is 10.0. The van der Waals surface area contributed by atoms with E-state index in [1.165, 1.54) is 19.2 Å². The first-order chi connectivity index (χ1) is 8.52. The third-order valence-electron chi connectivity index (χ3n) is 2.71. The van der Waals surface area contributed by atoms with Gasteiger partial charge in [0.05, 0.1) is 18.2 Å². The van der Waals surface area contributed by atoms with Crippen molar-refractivity contribution in [3.8, 4) is 5.75 Å². The molecule has 0 bridgehead atoms. The summed E-state index contributed by atoms with van der Waals surface area (Å²) in [6.45, 7) is 3.43. The van der Waals surface area contributed by atoms with Crippen LogP contribution >= 0.6 is 0 Å². The molecule has 0 aliphatic carbocycles. The Morgan fingerprint density at radius 3 is 2.44 bits per heavy atom. The average Bonchev–Trinajstić information content (AvgIpc) is 2.67. The Balaban J connectivity index is 2.43. The predicted octanol–water partition coefficient (Wildman–Crippen LogP) is 3.28. The highest BCUT2D eigenvalue weighted by Gasteiger charge is 2.19. The van der Waals surface area contributed by atoms with Crippen LogP contribution < -0.4 is 4.74 Å². The first-order valence-corrected chi connectivity index (χ1v) is 5.48. The number of methoxy groups -OCH3 is 1. The van der Waals surface area contributed by atoms with Crippen molar-refractivity contribution in [2.75, 3.05) is 7.11 Å². The van der Waals surface area contributed by atoms with Gasteiger partial charge in [-0.05, 0) is 32.0 Å². The summed E-state index contributed by atoms with van der Waals surface area (Å²) in [6.07, 6.45) is 0. The summed E-state index contributed by atoms with van der Waals surface area (Å²) < 4.78 is 23.9. The summed E-state index contributed by atoms with van der Waals surface area (Å²) in [4.78, 5) is 12.2. The summed E-state index contributed by atoms with van der Waals surface area (Å²) in [6, 6.07) is 5.77. The standard InChI is InChI=1S/C14H13FO3/c1-8-6-12(9(2)18-8)14(16)11-5-4-10(17-3)7-13(11)15/h4-7H,1-3H3. The summed E-state index contributed by atoms with van der Waals surface area (Å²) in [5, 5.41) is 0. The highest BCUT2D eigenvalue weighted by atomic mass is 19.1. The van der Waals surface area contributed by atoms with E-state index in [1.807, 2.05) is 0 Å². The second-order valence-corrected chi connectivity index (χ2v) is 4.00. The minimum atomic E-state index is -0.599. The van der Waals surface area contributed by atoms with E-state index in [9.17, 15) is 9.18 Å². The summed E-state index contributed by atoms with van der Waals surface area (Å²) in [7, 11) is 1.44. The molecule has 0 spiro atoms. The molecule has 0 N–H and O–H groups in total. The van der Waals surface area contributed by atoms with E-state index in [-0.39, 0.29) is 11.3 Å². The topological polar surface area (TPSA) is 39.4 Å². The van der Waals surface area contributed by atoms with Crippen molar-refractivity contribution in [1.29, 1.82) is 0 Å². The molecule has 0 aliphatic rings. The molecule has 0 saturated heterocycles.